The maximum Gasteiger partial charge on any atom is 0.431 e. The van der Waals surface area contributed by atoms with Gasteiger partial charge in [0.15, 0.2) is 5.82 Å². The number of H-pyrrole nitrogens is 1. The molecule has 1 atom stereocenters. The minimum atomic E-state index is -4.62. The standard InChI is InChI=1S/C13H14F3N5O2.ClH/c1-21-5-4-17-6-8(21)10-19-12(23-20-10)7-2-3-9(13(14,15)16)18-11(7)22;/h2-3,8,17H,4-6H2,1H3,(H,18,22);1H. The van der Waals surface area contributed by atoms with Gasteiger partial charge in [0.05, 0.1) is 6.04 Å². The predicted molar refractivity (Wildman–Crippen MR) is 80.8 cm³/mol. The van der Waals surface area contributed by atoms with Crippen LogP contribution in [0.4, 0.5) is 13.2 Å². The van der Waals surface area contributed by atoms with Crippen LogP contribution in [0.25, 0.3) is 11.5 Å². The van der Waals surface area contributed by atoms with E-state index in [-0.39, 0.29) is 29.9 Å². The molecule has 1 aliphatic rings. The molecule has 1 fully saturated rings. The smallest absolute Gasteiger partial charge is 0.334 e. The highest BCUT2D eigenvalue weighted by Gasteiger charge is 2.32. The van der Waals surface area contributed by atoms with Gasteiger partial charge in [0, 0.05) is 19.6 Å². The van der Waals surface area contributed by atoms with Crippen molar-refractivity contribution >= 4 is 12.4 Å². The van der Waals surface area contributed by atoms with Crippen LogP contribution >= 0.6 is 12.4 Å². The Morgan fingerprint density at radius 2 is 2.12 bits per heavy atom. The molecular formula is C13H15ClF3N5O2. The first kappa shape index (κ1) is 18.4. The molecule has 24 heavy (non-hydrogen) atoms. The molecule has 1 aliphatic heterocycles. The molecule has 7 nitrogen and oxygen atoms in total. The fourth-order valence-electron chi connectivity index (χ4n) is 2.38. The highest BCUT2D eigenvalue weighted by atomic mass is 35.5. The van der Waals surface area contributed by atoms with Crippen LogP contribution in [0, 0.1) is 0 Å². The molecule has 0 radical (unpaired) electrons. The second-order valence-electron chi connectivity index (χ2n) is 5.27. The SMILES string of the molecule is CN1CCNCC1c1noc(-c2ccc(C(F)(F)F)[nH]c2=O)n1.Cl. The van der Waals surface area contributed by atoms with Gasteiger partial charge in [-0.25, -0.2) is 0 Å². The van der Waals surface area contributed by atoms with Gasteiger partial charge in [-0.05, 0) is 19.2 Å². The average molecular weight is 366 g/mol. The summed E-state index contributed by atoms with van der Waals surface area (Å²) in [5.74, 6) is 0.281. The zero-order valence-corrected chi connectivity index (χ0v) is 13.4. The second kappa shape index (κ2) is 6.91. The Bertz CT molecular complexity index is 761. The second-order valence-corrected chi connectivity index (χ2v) is 5.27. The maximum absolute atomic E-state index is 12.6. The number of nitrogens with one attached hydrogen (secondary N) is 2. The van der Waals surface area contributed by atoms with Crippen molar-refractivity contribution in [1.82, 2.24) is 25.3 Å². The summed E-state index contributed by atoms with van der Waals surface area (Å²) in [6, 6.07) is 1.69. The number of aromatic amines is 1. The first-order valence-corrected chi connectivity index (χ1v) is 6.91. The third kappa shape index (κ3) is 3.60. The number of alkyl halides is 3. The number of rotatable bonds is 2. The molecule has 2 aromatic heterocycles. The van der Waals surface area contributed by atoms with Gasteiger partial charge < -0.3 is 14.8 Å². The molecule has 0 spiro atoms. The van der Waals surface area contributed by atoms with E-state index < -0.39 is 17.4 Å². The number of nitrogens with zero attached hydrogens (tertiary/aromatic N) is 3. The molecule has 0 amide bonds. The van der Waals surface area contributed by atoms with Crippen molar-refractivity contribution in [3.63, 3.8) is 0 Å². The van der Waals surface area contributed by atoms with Crippen LogP contribution in [0.2, 0.25) is 0 Å². The summed E-state index contributed by atoms with van der Waals surface area (Å²) >= 11 is 0. The lowest BCUT2D eigenvalue weighted by Gasteiger charge is -2.30. The summed E-state index contributed by atoms with van der Waals surface area (Å²) in [7, 11) is 1.91. The predicted octanol–water partition coefficient (Wildman–Crippen LogP) is 1.44. The molecule has 1 unspecified atom stereocenters. The Morgan fingerprint density at radius 3 is 2.75 bits per heavy atom. The van der Waals surface area contributed by atoms with Gasteiger partial charge in [0.2, 0.25) is 0 Å². The molecule has 3 rings (SSSR count). The molecular weight excluding hydrogens is 351 g/mol. The van der Waals surface area contributed by atoms with Gasteiger partial charge in [0.25, 0.3) is 11.4 Å². The summed E-state index contributed by atoms with van der Waals surface area (Å²) in [6.45, 7) is 2.27. The number of hydrogen-bond acceptors (Lipinski definition) is 6. The third-order valence-corrected chi connectivity index (χ3v) is 3.70. The van der Waals surface area contributed by atoms with Gasteiger partial charge in [-0.2, -0.15) is 18.2 Å². The quantitative estimate of drug-likeness (QED) is 0.837. The van der Waals surface area contributed by atoms with Crippen LogP contribution < -0.4 is 10.9 Å². The Labute approximate surface area is 140 Å². The summed E-state index contributed by atoms with van der Waals surface area (Å²) in [4.78, 5) is 19.8. The highest BCUT2D eigenvalue weighted by molar-refractivity contribution is 5.85. The van der Waals surface area contributed by atoms with Crippen LogP contribution in [0.15, 0.2) is 21.5 Å². The number of pyridine rings is 1. The molecule has 11 heteroatoms. The molecule has 3 heterocycles. The van der Waals surface area contributed by atoms with E-state index in [4.69, 9.17) is 4.52 Å². The van der Waals surface area contributed by atoms with Gasteiger partial charge in [-0.1, -0.05) is 5.16 Å². The number of likely N-dealkylation sites (N-methyl/N-ethyl adjacent to an activating group) is 1. The fraction of sp³-hybridized carbons (Fsp3) is 0.462. The lowest BCUT2D eigenvalue weighted by atomic mass is 10.2. The van der Waals surface area contributed by atoms with E-state index in [1.54, 1.807) is 4.98 Å². The normalized spacial score (nSPS) is 19.1. The Hall–Kier alpha value is -1.91. The van der Waals surface area contributed by atoms with Crippen LogP contribution in [0.1, 0.15) is 17.6 Å². The van der Waals surface area contributed by atoms with Crippen LogP contribution in [0.3, 0.4) is 0 Å². The molecule has 2 aromatic rings. The molecule has 132 valence electrons. The summed E-state index contributed by atoms with van der Waals surface area (Å²) in [5, 5.41) is 7.03. The minimum absolute atomic E-state index is 0. The van der Waals surface area contributed by atoms with Crippen molar-refractivity contribution in [2.75, 3.05) is 26.7 Å². The minimum Gasteiger partial charge on any atom is -0.334 e. The summed E-state index contributed by atoms with van der Waals surface area (Å²) in [6.07, 6.45) is -4.62. The summed E-state index contributed by atoms with van der Waals surface area (Å²) in [5.41, 5.74) is -2.14. The monoisotopic (exact) mass is 365 g/mol. The Balaban J connectivity index is 0.00000208. The molecule has 0 aliphatic carbocycles. The van der Waals surface area contributed by atoms with Crippen LogP contribution in [0.5, 0.6) is 0 Å². The van der Waals surface area contributed by atoms with E-state index >= 15 is 0 Å². The zero-order chi connectivity index (χ0) is 16.6. The first-order chi connectivity index (χ1) is 10.9. The van der Waals surface area contributed by atoms with Gasteiger partial charge in [-0.15, -0.1) is 12.4 Å². The number of piperazine rings is 1. The summed E-state index contributed by atoms with van der Waals surface area (Å²) < 4.78 is 42.7. The number of aromatic nitrogens is 3. The van der Waals surface area contributed by atoms with Gasteiger partial charge >= 0.3 is 6.18 Å². The number of halogens is 4. The Kier molecular flexibility index (Phi) is 5.31. The maximum atomic E-state index is 12.6. The first-order valence-electron chi connectivity index (χ1n) is 6.91. The largest absolute Gasteiger partial charge is 0.431 e. The zero-order valence-electron chi connectivity index (χ0n) is 12.6. The number of hydrogen-bond donors (Lipinski definition) is 2. The van der Waals surface area contributed by atoms with E-state index in [0.717, 1.165) is 25.2 Å². The van der Waals surface area contributed by atoms with E-state index in [0.29, 0.717) is 12.4 Å². The molecule has 1 saturated heterocycles. The van der Waals surface area contributed by atoms with Crippen LogP contribution in [-0.2, 0) is 6.18 Å². The molecule has 0 bridgehead atoms. The van der Waals surface area contributed by atoms with Crippen molar-refractivity contribution in [2.45, 2.75) is 12.2 Å². The Morgan fingerprint density at radius 1 is 1.38 bits per heavy atom. The molecule has 2 N–H and O–H groups in total. The lowest BCUT2D eigenvalue weighted by Crippen LogP contribution is -2.44. The average Bonchev–Trinajstić information content (AvgIpc) is 2.96. The van der Waals surface area contributed by atoms with E-state index in [2.05, 4.69) is 15.5 Å². The molecule has 0 aromatic carbocycles. The van der Waals surface area contributed by atoms with E-state index in [9.17, 15) is 18.0 Å². The highest BCUT2D eigenvalue weighted by Crippen LogP contribution is 2.27. The lowest BCUT2D eigenvalue weighted by molar-refractivity contribution is -0.141. The fourth-order valence-corrected chi connectivity index (χ4v) is 2.38. The molecule has 0 saturated carbocycles. The van der Waals surface area contributed by atoms with E-state index in [1.807, 2.05) is 11.9 Å². The van der Waals surface area contributed by atoms with E-state index in [1.165, 1.54) is 0 Å². The van der Waals surface area contributed by atoms with Crippen molar-refractivity contribution in [3.8, 4) is 11.5 Å². The van der Waals surface area contributed by atoms with Crippen molar-refractivity contribution in [1.29, 1.82) is 0 Å². The van der Waals surface area contributed by atoms with Crippen molar-refractivity contribution in [3.05, 3.63) is 34.0 Å². The van der Waals surface area contributed by atoms with Crippen LogP contribution in [-0.4, -0.2) is 46.7 Å². The van der Waals surface area contributed by atoms with Gasteiger partial charge in [-0.3, -0.25) is 9.69 Å². The van der Waals surface area contributed by atoms with Gasteiger partial charge in [0.1, 0.15) is 11.3 Å². The topological polar surface area (TPSA) is 87.0 Å². The van der Waals surface area contributed by atoms with Crippen molar-refractivity contribution < 1.29 is 17.7 Å². The third-order valence-electron chi connectivity index (χ3n) is 3.70. The van der Waals surface area contributed by atoms with Crippen molar-refractivity contribution in [2.24, 2.45) is 0 Å².